The predicted molar refractivity (Wildman–Crippen MR) is 327 cm³/mol. The summed E-state index contributed by atoms with van der Waals surface area (Å²) >= 11 is 0. The van der Waals surface area contributed by atoms with Crippen molar-refractivity contribution >= 4 is 17.9 Å². The second kappa shape index (κ2) is 57.6. The fraction of sp³-hybridized carbons (Fsp3) is 0.632. The average Bonchev–Trinajstić information content (AvgIpc) is 3.40. The molecular weight excluding hydrogens is 959 g/mol. The number of carboxylic acids is 1. The lowest BCUT2D eigenvalue weighted by atomic mass is 10.1. The van der Waals surface area contributed by atoms with Crippen molar-refractivity contribution in [2.75, 3.05) is 47.5 Å². The highest BCUT2D eigenvalue weighted by Crippen LogP contribution is 2.14. The molecule has 2 unspecified atom stereocenters. The Morgan fingerprint density at radius 3 is 1.12 bits per heavy atom. The molecule has 2 atom stereocenters. The van der Waals surface area contributed by atoms with Crippen LogP contribution in [0.25, 0.3) is 0 Å². The van der Waals surface area contributed by atoms with E-state index in [0.29, 0.717) is 17.4 Å². The molecule has 0 saturated heterocycles. The first-order valence-electron chi connectivity index (χ1n) is 30.3. The fourth-order valence-corrected chi connectivity index (χ4v) is 7.74. The monoisotopic (exact) mass is 1070 g/mol. The zero-order chi connectivity index (χ0) is 56.2. The van der Waals surface area contributed by atoms with Gasteiger partial charge in [0.25, 0.3) is 6.29 Å². The van der Waals surface area contributed by atoms with Crippen LogP contribution < -0.4 is 0 Å². The summed E-state index contributed by atoms with van der Waals surface area (Å²) in [6.07, 6.45) is 79.7. The Labute approximate surface area is 471 Å². The fourth-order valence-electron chi connectivity index (χ4n) is 7.74. The smallest absolute Gasteiger partial charge is 0.361 e. The number of nitrogens with zero attached hydrogens (tertiary/aromatic N) is 1. The minimum Gasteiger partial charge on any atom is -0.477 e. The van der Waals surface area contributed by atoms with Crippen molar-refractivity contribution in [3.8, 4) is 0 Å². The van der Waals surface area contributed by atoms with E-state index in [2.05, 4.69) is 148 Å². The molecule has 0 spiro atoms. The number of hydrogen-bond donors (Lipinski definition) is 1. The summed E-state index contributed by atoms with van der Waals surface area (Å²) in [7, 11) is 5.95. The molecule has 0 aliphatic rings. The van der Waals surface area contributed by atoms with E-state index >= 15 is 0 Å². The van der Waals surface area contributed by atoms with Gasteiger partial charge < -0.3 is 28.5 Å². The lowest BCUT2D eigenvalue weighted by Gasteiger charge is -2.25. The van der Waals surface area contributed by atoms with Crippen molar-refractivity contribution in [1.82, 2.24) is 0 Å². The van der Waals surface area contributed by atoms with E-state index in [1.165, 1.54) is 57.8 Å². The minimum atomic E-state index is -1.52. The molecule has 9 heteroatoms. The van der Waals surface area contributed by atoms with Crippen molar-refractivity contribution < 1.29 is 42.9 Å². The van der Waals surface area contributed by atoms with E-state index in [4.69, 9.17) is 18.9 Å². The molecule has 0 aromatic heterocycles. The van der Waals surface area contributed by atoms with Gasteiger partial charge in [0.1, 0.15) is 13.2 Å². The van der Waals surface area contributed by atoms with Gasteiger partial charge in [-0.3, -0.25) is 9.59 Å². The Kier molecular flexibility index (Phi) is 54.2. The van der Waals surface area contributed by atoms with Gasteiger partial charge in [0.05, 0.1) is 34.4 Å². The number of ether oxygens (including phenoxy) is 4. The number of hydrogen-bond acceptors (Lipinski definition) is 7. The summed E-state index contributed by atoms with van der Waals surface area (Å²) < 4.78 is 22.8. The van der Waals surface area contributed by atoms with Crippen molar-refractivity contribution in [3.05, 3.63) is 134 Å². The van der Waals surface area contributed by atoms with E-state index in [1.807, 2.05) is 21.1 Å². The van der Waals surface area contributed by atoms with Gasteiger partial charge in [-0.15, -0.1) is 0 Å². The number of likely N-dealkylation sites (N-methyl/N-ethyl adjacent to an activating group) is 1. The van der Waals surface area contributed by atoms with Crippen molar-refractivity contribution in [2.45, 2.75) is 232 Å². The molecular formula is C68H112NO8+. The molecule has 0 rings (SSSR count). The molecule has 0 saturated carbocycles. The van der Waals surface area contributed by atoms with E-state index in [0.717, 1.165) is 128 Å². The molecule has 9 nitrogen and oxygen atoms in total. The molecule has 0 heterocycles. The predicted octanol–water partition coefficient (Wildman–Crippen LogP) is 18.2. The van der Waals surface area contributed by atoms with Gasteiger partial charge in [-0.25, -0.2) is 4.79 Å². The van der Waals surface area contributed by atoms with Crippen molar-refractivity contribution in [2.24, 2.45) is 0 Å². The Morgan fingerprint density at radius 2 is 0.740 bits per heavy atom. The van der Waals surface area contributed by atoms with Gasteiger partial charge in [0.2, 0.25) is 0 Å². The van der Waals surface area contributed by atoms with Crippen LogP contribution in [0.1, 0.15) is 219 Å². The second-order valence-corrected chi connectivity index (χ2v) is 20.9. The summed E-state index contributed by atoms with van der Waals surface area (Å²) in [6, 6.07) is 0. The van der Waals surface area contributed by atoms with Gasteiger partial charge in [-0.1, -0.05) is 225 Å². The second-order valence-electron chi connectivity index (χ2n) is 20.9. The Bertz CT molecular complexity index is 1720. The first-order valence-corrected chi connectivity index (χ1v) is 30.3. The van der Waals surface area contributed by atoms with Crippen LogP contribution in [0.4, 0.5) is 0 Å². The number of quaternary nitrogens is 1. The van der Waals surface area contributed by atoms with Gasteiger partial charge in [-0.2, -0.15) is 0 Å². The Hall–Kier alpha value is -4.57. The lowest BCUT2D eigenvalue weighted by molar-refractivity contribution is -0.870. The highest BCUT2D eigenvalue weighted by molar-refractivity contribution is 5.71. The molecule has 0 aliphatic carbocycles. The normalized spacial score (nSPS) is 13.7. The van der Waals surface area contributed by atoms with Gasteiger partial charge in [0.15, 0.2) is 6.10 Å². The van der Waals surface area contributed by atoms with Crippen LogP contribution >= 0.6 is 0 Å². The summed E-state index contributed by atoms with van der Waals surface area (Å²) in [5.74, 6) is -2.04. The molecule has 0 fully saturated rings. The maximum absolute atomic E-state index is 12.9. The highest BCUT2D eigenvalue weighted by Gasteiger charge is 2.25. The molecule has 77 heavy (non-hydrogen) atoms. The first-order chi connectivity index (χ1) is 37.6. The van der Waals surface area contributed by atoms with Gasteiger partial charge in [0, 0.05) is 12.8 Å². The number of unbranched alkanes of at least 4 members (excludes halogenated alkanes) is 17. The average molecular weight is 1070 g/mol. The number of esters is 2. The van der Waals surface area contributed by atoms with Crippen LogP contribution in [0, 0.1) is 0 Å². The minimum absolute atomic E-state index is 0.178. The first kappa shape index (κ1) is 72.4. The Morgan fingerprint density at radius 1 is 0.403 bits per heavy atom. The summed E-state index contributed by atoms with van der Waals surface area (Å²) in [5, 5.41) is 9.69. The lowest BCUT2D eigenvalue weighted by Crippen LogP contribution is -2.40. The van der Waals surface area contributed by atoms with Crippen LogP contribution in [0.5, 0.6) is 0 Å². The third kappa shape index (κ3) is 58.9. The summed E-state index contributed by atoms with van der Waals surface area (Å²) in [4.78, 5) is 37.3. The standard InChI is InChI=1S/C68H111NO8/c1-6-8-10-12-14-16-18-20-21-22-23-24-25-26-27-28-29-30-31-32-33-34-35-36-37-38-39-40-41-42-43-44-45-47-49-51-53-55-57-59-66(71)77-64(63-76-68(67(72)73)74-61-60-69(3,4)5)62-75-65(70)58-56-54-52-50-48-46-19-17-15-13-11-9-7-2/h8,10,14,16-17,19-21,23-24,26-27,29-30,32-33,35-36,38-39,41-42,64,68H,6-7,9,11-13,15,18,22,25,28,31,34,37,40,43-63H2,1-5H3/p+1/b10-8-,16-14-,19-17-,21-20-,24-23-,27-26-,30-29-,33-32-,36-35-,39-38-,42-41-. The molecule has 0 aromatic carbocycles. The third-order valence-electron chi connectivity index (χ3n) is 12.4. The van der Waals surface area contributed by atoms with Crippen molar-refractivity contribution in [1.29, 1.82) is 0 Å². The van der Waals surface area contributed by atoms with Crippen molar-refractivity contribution in [3.63, 3.8) is 0 Å². The van der Waals surface area contributed by atoms with Crippen LogP contribution in [-0.2, 0) is 33.3 Å². The van der Waals surface area contributed by atoms with Crippen LogP contribution in [0.15, 0.2) is 134 Å². The maximum Gasteiger partial charge on any atom is 0.361 e. The van der Waals surface area contributed by atoms with Crippen LogP contribution in [0.3, 0.4) is 0 Å². The highest BCUT2D eigenvalue weighted by atomic mass is 16.7. The zero-order valence-corrected chi connectivity index (χ0v) is 49.6. The van der Waals surface area contributed by atoms with Crippen LogP contribution in [0.2, 0.25) is 0 Å². The molecule has 436 valence electrons. The quantitative estimate of drug-likeness (QED) is 0.0211. The number of aliphatic carboxylic acids is 1. The Balaban J connectivity index is 4.18. The topological polar surface area (TPSA) is 108 Å². The molecule has 0 radical (unpaired) electrons. The number of carbonyl (C=O) groups excluding carboxylic acids is 2. The maximum atomic E-state index is 12.9. The van der Waals surface area contributed by atoms with E-state index in [-0.39, 0.29) is 38.6 Å². The van der Waals surface area contributed by atoms with E-state index in [1.54, 1.807) is 0 Å². The molecule has 0 bridgehead atoms. The summed E-state index contributed by atoms with van der Waals surface area (Å²) in [5.41, 5.74) is 0. The molecule has 0 aliphatic heterocycles. The SMILES string of the molecule is CC/C=C\C/C=C\C/C=C\C/C=C\C/C=C\C/C=C\C/C=C\C/C=C\C/C=C\C/C=C\CCCCCCCCCCC(=O)OC(COC(=O)CCCCCCC/C=C\CCCCCC)COC(OCC[N+](C)(C)C)C(=O)O. The number of carbonyl (C=O) groups is 3. The molecule has 1 N–H and O–H groups in total. The molecule has 0 amide bonds. The van der Waals surface area contributed by atoms with E-state index in [9.17, 15) is 19.5 Å². The zero-order valence-electron chi connectivity index (χ0n) is 49.6. The number of allylic oxidation sites excluding steroid dienone is 22. The van der Waals surface area contributed by atoms with Gasteiger partial charge >= 0.3 is 17.9 Å². The van der Waals surface area contributed by atoms with Gasteiger partial charge in [-0.05, 0) is 116 Å². The largest absolute Gasteiger partial charge is 0.477 e. The number of carboxylic acid groups (broad SMARTS) is 1. The number of rotatable bonds is 54. The van der Waals surface area contributed by atoms with E-state index < -0.39 is 24.3 Å². The third-order valence-corrected chi connectivity index (χ3v) is 12.4. The van der Waals surface area contributed by atoms with Crippen LogP contribution in [-0.4, -0.2) is 87.4 Å². The summed E-state index contributed by atoms with van der Waals surface area (Å²) in [6.45, 7) is 4.70. The molecule has 0 aromatic rings.